The van der Waals surface area contributed by atoms with Gasteiger partial charge in [-0.3, -0.25) is 0 Å². The first-order valence-electron chi connectivity index (χ1n) is 5.17. The molecule has 1 aliphatic rings. The minimum Gasteiger partial charge on any atom is -0.0838 e. The Bertz CT molecular complexity index is 369. The molecule has 2 rings (SSSR count). The molecule has 1 unspecified atom stereocenters. The Morgan fingerprint density at radius 3 is 2.53 bits per heavy atom. The smallest absolute Gasteiger partial charge is 0.0409 e. The van der Waals surface area contributed by atoms with Gasteiger partial charge < -0.3 is 0 Å². The predicted octanol–water partition coefficient (Wildman–Crippen LogP) is 5.76. The summed E-state index contributed by atoms with van der Waals surface area (Å²) in [7, 11) is 0. The summed E-state index contributed by atoms with van der Waals surface area (Å²) >= 11 is 11.0. The van der Waals surface area contributed by atoms with Gasteiger partial charge in [-0.2, -0.15) is 0 Å². The van der Waals surface area contributed by atoms with Crippen molar-refractivity contribution >= 4 is 47.8 Å². The zero-order valence-electron chi connectivity index (χ0n) is 8.56. The van der Waals surface area contributed by atoms with Gasteiger partial charge in [0.15, 0.2) is 0 Å². The van der Waals surface area contributed by atoms with E-state index in [-0.39, 0.29) is 0 Å². The maximum atomic E-state index is 3.79. The Hall–Kier alpha value is 0.660. The fourth-order valence-electron chi connectivity index (χ4n) is 1.67. The molecule has 0 N–H and O–H groups in total. The van der Waals surface area contributed by atoms with Crippen molar-refractivity contribution in [2.75, 3.05) is 0 Å². The average Bonchev–Trinajstić information content (AvgIpc) is 2.95. The van der Waals surface area contributed by atoms with E-state index in [1.165, 1.54) is 39.3 Å². The first-order valence-corrected chi connectivity index (χ1v) is 7.67. The Labute approximate surface area is 116 Å². The Balaban J connectivity index is 2.21. The van der Waals surface area contributed by atoms with Crippen LogP contribution in [0.15, 0.2) is 21.1 Å². The second-order valence-electron chi connectivity index (χ2n) is 4.27. The van der Waals surface area contributed by atoms with Crippen LogP contribution in [0.3, 0.4) is 0 Å². The van der Waals surface area contributed by atoms with E-state index in [9.17, 15) is 0 Å². The molecule has 1 aliphatic carbocycles. The van der Waals surface area contributed by atoms with Gasteiger partial charge in [0.1, 0.15) is 0 Å². The van der Waals surface area contributed by atoms with Gasteiger partial charge in [0.2, 0.25) is 0 Å². The van der Waals surface area contributed by atoms with Gasteiger partial charge in [-0.25, -0.2) is 0 Å². The summed E-state index contributed by atoms with van der Waals surface area (Å²) in [4.78, 5) is 0.483. The maximum absolute atomic E-state index is 3.79. The van der Waals surface area contributed by atoms with Crippen LogP contribution in [0.25, 0.3) is 0 Å². The van der Waals surface area contributed by atoms with Crippen molar-refractivity contribution in [3.63, 3.8) is 0 Å². The van der Waals surface area contributed by atoms with Crippen LogP contribution in [0.4, 0.5) is 0 Å². The molecule has 82 valence electrons. The van der Waals surface area contributed by atoms with Gasteiger partial charge in [0.05, 0.1) is 0 Å². The lowest BCUT2D eigenvalue weighted by atomic mass is 10.1. The fraction of sp³-hybridized carbons (Fsp3) is 0.500. The molecule has 0 aliphatic heterocycles. The maximum Gasteiger partial charge on any atom is 0.0409 e. The summed E-state index contributed by atoms with van der Waals surface area (Å²) in [5, 5.41) is 0. The van der Waals surface area contributed by atoms with Gasteiger partial charge in [0, 0.05) is 13.8 Å². The molecule has 0 radical (unpaired) electrons. The van der Waals surface area contributed by atoms with E-state index in [1.54, 1.807) is 0 Å². The second-order valence-corrected chi connectivity index (χ2v) is 7.08. The molecule has 0 heterocycles. The molecule has 0 spiro atoms. The standard InChI is InChI=1S/C12H13Br3/c1-7-4-11(14)9(6-10(7)13)12(15)5-8-2-3-8/h4,6,8,12H,2-3,5H2,1H3. The Kier molecular flexibility index (Phi) is 3.95. The molecule has 0 nitrogen and oxygen atoms in total. The lowest BCUT2D eigenvalue weighted by molar-refractivity contribution is 0.719. The average molecular weight is 397 g/mol. The molecule has 1 atom stereocenters. The van der Waals surface area contributed by atoms with Crippen LogP contribution < -0.4 is 0 Å². The van der Waals surface area contributed by atoms with Crippen LogP contribution >= 0.6 is 47.8 Å². The Morgan fingerprint density at radius 2 is 1.93 bits per heavy atom. The van der Waals surface area contributed by atoms with E-state index in [2.05, 4.69) is 66.8 Å². The third-order valence-electron chi connectivity index (χ3n) is 2.85. The van der Waals surface area contributed by atoms with Gasteiger partial charge in [-0.05, 0) is 42.5 Å². The first-order chi connectivity index (χ1) is 7.08. The molecule has 0 amide bonds. The second kappa shape index (κ2) is 4.89. The van der Waals surface area contributed by atoms with Crippen molar-refractivity contribution in [2.45, 2.75) is 31.0 Å². The van der Waals surface area contributed by atoms with Gasteiger partial charge in [-0.1, -0.05) is 60.6 Å². The van der Waals surface area contributed by atoms with Gasteiger partial charge in [0.25, 0.3) is 0 Å². The fourth-order valence-corrected chi connectivity index (χ4v) is 3.98. The van der Waals surface area contributed by atoms with Crippen molar-refractivity contribution in [3.05, 3.63) is 32.2 Å². The lowest BCUT2D eigenvalue weighted by Gasteiger charge is -2.13. The highest BCUT2D eigenvalue weighted by atomic mass is 79.9. The van der Waals surface area contributed by atoms with Crippen LogP contribution in [-0.2, 0) is 0 Å². The molecule has 1 aromatic carbocycles. The topological polar surface area (TPSA) is 0 Å². The van der Waals surface area contributed by atoms with Gasteiger partial charge >= 0.3 is 0 Å². The number of hydrogen-bond acceptors (Lipinski definition) is 0. The number of benzene rings is 1. The molecular formula is C12H13Br3. The third-order valence-corrected chi connectivity index (χ3v) is 5.26. The molecule has 1 saturated carbocycles. The van der Waals surface area contributed by atoms with E-state index >= 15 is 0 Å². The highest BCUT2D eigenvalue weighted by Crippen LogP contribution is 2.43. The number of hydrogen-bond donors (Lipinski definition) is 0. The zero-order valence-corrected chi connectivity index (χ0v) is 13.3. The zero-order chi connectivity index (χ0) is 11.0. The quantitative estimate of drug-likeness (QED) is 0.570. The SMILES string of the molecule is Cc1cc(Br)c(C(Br)CC2CC2)cc1Br. The minimum atomic E-state index is 0.483. The van der Waals surface area contributed by atoms with Crippen molar-refractivity contribution in [2.24, 2.45) is 5.92 Å². The van der Waals surface area contributed by atoms with Crippen molar-refractivity contribution in [3.8, 4) is 0 Å². The van der Waals surface area contributed by atoms with E-state index in [0.717, 1.165) is 5.92 Å². The van der Waals surface area contributed by atoms with E-state index in [4.69, 9.17) is 0 Å². The van der Waals surface area contributed by atoms with E-state index in [1.807, 2.05) is 0 Å². The first kappa shape index (κ1) is 12.1. The summed E-state index contributed by atoms with van der Waals surface area (Å²) in [5.41, 5.74) is 2.64. The summed E-state index contributed by atoms with van der Waals surface area (Å²) in [5.74, 6) is 0.946. The molecule has 0 aromatic heterocycles. The third kappa shape index (κ3) is 3.07. The summed E-state index contributed by atoms with van der Waals surface area (Å²) < 4.78 is 2.41. The molecular weight excluding hydrogens is 384 g/mol. The van der Waals surface area contributed by atoms with Gasteiger partial charge in [-0.15, -0.1) is 0 Å². The summed E-state index contributed by atoms with van der Waals surface area (Å²) in [6.45, 7) is 2.11. The van der Waals surface area contributed by atoms with Crippen LogP contribution in [0.5, 0.6) is 0 Å². The number of halogens is 3. The highest BCUT2D eigenvalue weighted by molar-refractivity contribution is 9.11. The van der Waals surface area contributed by atoms with Crippen molar-refractivity contribution in [1.82, 2.24) is 0 Å². The molecule has 0 saturated heterocycles. The molecule has 1 aromatic rings. The highest BCUT2D eigenvalue weighted by Gasteiger charge is 2.26. The lowest BCUT2D eigenvalue weighted by Crippen LogP contribution is -1.94. The summed E-state index contributed by atoms with van der Waals surface area (Å²) in [6, 6.07) is 4.40. The van der Waals surface area contributed by atoms with Crippen molar-refractivity contribution in [1.29, 1.82) is 0 Å². The Morgan fingerprint density at radius 1 is 1.27 bits per heavy atom. The summed E-state index contributed by atoms with van der Waals surface area (Å²) in [6.07, 6.45) is 4.08. The van der Waals surface area contributed by atoms with Crippen LogP contribution in [-0.4, -0.2) is 0 Å². The molecule has 0 bridgehead atoms. The minimum absolute atomic E-state index is 0.483. The van der Waals surface area contributed by atoms with E-state index < -0.39 is 0 Å². The van der Waals surface area contributed by atoms with Crippen LogP contribution in [0, 0.1) is 12.8 Å². The van der Waals surface area contributed by atoms with Crippen LogP contribution in [0.1, 0.15) is 35.2 Å². The predicted molar refractivity (Wildman–Crippen MR) is 75.6 cm³/mol. The number of aryl methyl sites for hydroxylation is 1. The largest absolute Gasteiger partial charge is 0.0838 e. The van der Waals surface area contributed by atoms with Crippen molar-refractivity contribution < 1.29 is 0 Å². The molecule has 1 fully saturated rings. The monoisotopic (exact) mass is 394 g/mol. The molecule has 3 heteroatoms. The number of rotatable bonds is 3. The van der Waals surface area contributed by atoms with E-state index in [0.29, 0.717) is 4.83 Å². The molecule has 15 heavy (non-hydrogen) atoms. The normalized spacial score (nSPS) is 17.9. The number of alkyl halides is 1. The van der Waals surface area contributed by atoms with Crippen LogP contribution in [0.2, 0.25) is 0 Å².